The van der Waals surface area contributed by atoms with Gasteiger partial charge in [-0.3, -0.25) is 9.25 Å². The van der Waals surface area contributed by atoms with Gasteiger partial charge in [0.15, 0.2) is 0 Å². The number of anilines is 1. The lowest BCUT2D eigenvalue weighted by atomic mass is 10.3. The lowest BCUT2D eigenvalue weighted by molar-refractivity contribution is 0.251. The third-order valence-corrected chi connectivity index (χ3v) is 3.70. The Kier molecular flexibility index (Phi) is 5.22. The smallest absolute Gasteiger partial charge is 0.348 e. The molecule has 0 spiro atoms. The molecule has 24 heavy (non-hydrogen) atoms. The Morgan fingerprint density at radius 2 is 2.04 bits per heavy atom. The van der Waals surface area contributed by atoms with Crippen LogP contribution < -0.4 is 21.1 Å². The van der Waals surface area contributed by atoms with E-state index in [1.165, 1.54) is 11.7 Å². The van der Waals surface area contributed by atoms with E-state index in [0.717, 1.165) is 11.4 Å². The van der Waals surface area contributed by atoms with Gasteiger partial charge in [-0.15, -0.1) is 5.10 Å². The number of hydrogen-bond donors (Lipinski definition) is 2. The Bertz CT molecular complexity index is 808. The van der Waals surface area contributed by atoms with Gasteiger partial charge in [0.2, 0.25) is 0 Å². The van der Waals surface area contributed by atoms with Crippen LogP contribution in [-0.2, 0) is 13.6 Å². The highest BCUT2D eigenvalue weighted by Crippen LogP contribution is 2.25. The molecule has 2 aromatic heterocycles. The molecular formula is C15H22N6O3. The highest BCUT2D eigenvalue weighted by atomic mass is 16.5. The molecule has 0 atom stereocenters. The molecular weight excluding hydrogens is 312 g/mol. The van der Waals surface area contributed by atoms with Crippen molar-refractivity contribution in [1.82, 2.24) is 24.6 Å². The van der Waals surface area contributed by atoms with Gasteiger partial charge in [-0.25, -0.2) is 9.59 Å². The van der Waals surface area contributed by atoms with Crippen molar-refractivity contribution in [3.05, 3.63) is 33.6 Å². The van der Waals surface area contributed by atoms with E-state index in [-0.39, 0.29) is 5.69 Å². The van der Waals surface area contributed by atoms with Gasteiger partial charge in [-0.1, -0.05) is 0 Å². The number of aromatic nitrogens is 4. The third kappa shape index (κ3) is 3.73. The molecule has 0 fully saturated rings. The van der Waals surface area contributed by atoms with Gasteiger partial charge in [0.25, 0.3) is 5.88 Å². The summed E-state index contributed by atoms with van der Waals surface area (Å²) in [5.74, 6) is 0.347. The number of ether oxygens (including phenoxy) is 1. The molecule has 0 radical (unpaired) electrons. The summed E-state index contributed by atoms with van der Waals surface area (Å²) in [7, 11) is 3.25. The molecule has 2 heterocycles. The second-order valence-electron chi connectivity index (χ2n) is 5.45. The number of nitrogens with one attached hydrogen (secondary N) is 2. The van der Waals surface area contributed by atoms with Crippen molar-refractivity contribution in [3.63, 3.8) is 0 Å². The van der Waals surface area contributed by atoms with E-state index < -0.39 is 6.03 Å². The minimum absolute atomic E-state index is 0.291. The first-order valence-corrected chi connectivity index (χ1v) is 7.51. The SMILES string of the molecule is COc1nn(C)c(C)c1NC(=O)NCCn1c(C)cc(C)nc1=O. The van der Waals surface area contributed by atoms with Crippen LogP contribution in [0.2, 0.25) is 0 Å². The van der Waals surface area contributed by atoms with Gasteiger partial charge in [0.1, 0.15) is 5.69 Å². The second-order valence-corrected chi connectivity index (χ2v) is 5.45. The lowest BCUT2D eigenvalue weighted by Gasteiger charge is -2.11. The van der Waals surface area contributed by atoms with E-state index in [9.17, 15) is 9.59 Å². The van der Waals surface area contributed by atoms with Gasteiger partial charge in [-0.05, 0) is 26.8 Å². The van der Waals surface area contributed by atoms with Crippen LogP contribution in [0.1, 0.15) is 17.1 Å². The minimum Gasteiger partial charge on any atom is -0.478 e. The number of hydrogen-bond acceptors (Lipinski definition) is 5. The molecule has 0 aliphatic rings. The third-order valence-electron chi connectivity index (χ3n) is 3.70. The highest BCUT2D eigenvalue weighted by Gasteiger charge is 2.15. The van der Waals surface area contributed by atoms with E-state index in [4.69, 9.17) is 4.74 Å². The zero-order valence-corrected chi connectivity index (χ0v) is 14.5. The Morgan fingerprint density at radius 1 is 1.33 bits per heavy atom. The van der Waals surface area contributed by atoms with Gasteiger partial charge < -0.3 is 15.4 Å². The fraction of sp³-hybridized carbons (Fsp3) is 0.467. The molecule has 0 saturated heterocycles. The summed E-state index contributed by atoms with van der Waals surface area (Å²) >= 11 is 0. The number of aryl methyl sites for hydroxylation is 3. The quantitative estimate of drug-likeness (QED) is 0.839. The molecule has 0 aliphatic heterocycles. The molecule has 9 heteroatoms. The lowest BCUT2D eigenvalue weighted by Crippen LogP contribution is -2.35. The predicted octanol–water partition coefficient (Wildman–Crippen LogP) is 0.732. The average Bonchev–Trinajstić information content (AvgIpc) is 2.77. The first-order valence-electron chi connectivity index (χ1n) is 7.51. The average molecular weight is 334 g/mol. The number of methoxy groups -OCH3 is 1. The number of nitrogens with zero attached hydrogens (tertiary/aromatic N) is 4. The molecule has 0 bridgehead atoms. The minimum atomic E-state index is -0.393. The molecule has 2 amide bonds. The van der Waals surface area contributed by atoms with Crippen molar-refractivity contribution < 1.29 is 9.53 Å². The number of carbonyl (C=O) groups is 1. The number of carbonyl (C=O) groups excluding carboxylic acids is 1. The van der Waals surface area contributed by atoms with Crippen molar-refractivity contribution in [2.24, 2.45) is 7.05 Å². The molecule has 2 aromatic rings. The van der Waals surface area contributed by atoms with Crippen molar-refractivity contribution >= 4 is 11.7 Å². The zero-order valence-electron chi connectivity index (χ0n) is 14.5. The monoisotopic (exact) mass is 334 g/mol. The second kappa shape index (κ2) is 7.16. The summed E-state index contributed by atoms with van der Waals surface area (Å²) < 4.78 is 8.27. The molecule has 2 N–H and O–H groups in total. The topological polar surface area (TPSA) is 103 Å². The fourth-order valence-electron chi connectivity index (χ4n) is 2.35. The zero-order chi connectivity index (χ0) is 17.9. The maximum atomic E-state index is 12.0. The Balaban J connectivity index is 1.97. The first-order chi connectivity index (χ1) is 11.3. The number of urea groups is 1. The van der Waals surface area contributed by atoms with Crippen LogP contribution in [0.5, 0.6) is 5.88 Å². The van der Waals surface area contributed by atoms with E-state index in [1.54, 1.807) is 18.7 Å². The first kappa shape index (κ1) is 17.5. The maximum absolute atomic E-state index is 12.0. The van der Waals surface area contributed by atoms with Crippen LogP contribution in [0.3, 0.4) is 0 Å². The highest BCUT2D eigenvalue weighted by molar-refractivity contribution is 5.91. The molecule has 2 rings (SSSR count). The summed E-state index contributed by atoms with van der Waals surface area (Å²) in [5, 5.41) is 9.56. The van der Waals surface area contributed by atoms with E-state index >= 15 is 0 Å². The van der Waals surface area contributed by atoms with Crippen LogP contribution in [0.15, 0.2) is 10.9 Å². The van der Waals surface area contributed by atoms with Crippen LogP contribution in [0.4, 0.5) is 10.5 Å². The van der Waals surface area contributed by atoms with Gasteiger partial charge >= 0.3 is 11.7 Å². The summed E-state index contributed by atoms with van der Waals surface area (Å²) in [6.07, 6.45) is 0. The van der Waals surface area contributed by atoms with E-state index in [1.807, 2.05) is 19.9 Å². The molecule has 9 nitrogen and oxygen atoms in total. The van der Waals surface area contributed by atoms with Crippen molar-refractivity contribution in [2.75, 3.05) is 19.0 Å². The molecule has 0 aliphatic carbocycles. The standard InChI is InChI=1S/C15H22N6O3/c1-9-8-10(2)21(15(23)17-9)7-6-16-14(22)18-12-11(3)20(4)19-13(12)24-5/h8H,6-7H2,1-5H3,(H2,16,18,22). The molecule has 0 saturated carbocycles. The molecule has 0 aromatic carbocycles. The predicted molar refractivity (Wildman–Crippen MR) is 89.5 cm³/mol. The van der Waals surface area contributed by atoms with Crippen LogP contribution in [0.25, 0.3) is 0 Å². The Hall–Kier alpha value is -2.84. The van der Waals surface area contributed by atoms with Gasteiger partial charge in [0, 0.05) is 31.5 Å². The Morgan fingerprint density at radius 3 is 2.67 bits per heavy atom. The largest absolute Gasteiger partial charge is 0.478 e. The van der Waals surface area contributed by atoms with E-state index in [2.05, 4.69) is 20.7 Å². The summed E-state index contributed by atoms with van der Waals surface area (Å²) in [4.78, 5) is 27.8. The summed E-state index contributed by atoms with van der Waals surface area (Å²) in [5.41, 5.74) is 2.46. The summed E-state index contributed by atoms with van der Waals surface area (Å²) in [6, 6.07) is 1.43. The normalized spacial score (nSPS) is 10.5. The van der Waals surface area contributed by atoms with E-state index in [0.29, 0.717) is 30.4 Å². The van der Waals surface area contributed by atoms with Crippen molar-refractivity contribution in [1.29, 1.82) is 0 Å². The van der Waals surface area contributed by atoms with Crippen LogP contribution >= 0.6 is 0 Å². The van der Waals surface area contributed by atoms with Gasteiger partial charge in [0.05, 0.1) is 12.8 Å². The van der Waals surface area contributed by atoms with Crippen molar-refractivity contribution in [2.45, 2.75) is 27.3 Å². The fourth-order valence-corrected chi connectivity index (χ4v) is 2.35. The van der Waals surface area contributed by atoms with Crippen LogP contribution in [-0.4, -0.2) is 39.0 Å². The summed E-state index contributed by atoms with van der Waals surface area (Å²) in [6.45, 7) is 6.06. The Labute approximate surface area is 139 Å². The van der Waals surface area contributed by atoms with Gasteiger partial charge in [-0.2, -0.15) is 4.98 Å². The number of amides is 2. The number of rotatable bonds is 5. The molecule has 130 valence electrons. The van der Waals surface area contributed by atoms with Crippen molar-refractivity contribution in [3.8, 4) is 5.88 Å². The maximum Gasteiger partial charge on any atom is 0.348 e. The molecule has 0 unspecified atom stereocenters. The van der Waals surface area contributed by atoms with Crippen LogP contribution in [0, 0.1) is 20.8 Å².